The van der Waals surface area contributed by atoms with Crippen molar-refractivity contribution in [3.8, 4) is 0 Å². The summed E-state index contributed by atoms with van der Waals surface area (Å²) in [7, 11) is 0. The van der Waals surface area contributed by atoms with Gasteiger partial charge >= 0.3 is 0 Å². The summed E-state index contributed by atoms with van der Waals surface area (Å²) < 4.78 is 0. The number of hydrogen-bond acceptors (Lipinski definition) is 5. The maximum absolute atomic E-state index is 12.7. The number of carbonyl (C=O) groups is 4. The molecule has 7 heteroatoms. The SMILES string of the molecule is NN1C(=O)c2ccc3c4ccc5c6c(ccc(c7ccc(c2c37)C1=O)c64)C(=O)NC5=O. The van der Waals surface area contributed by atoms with E-state index in [0.29, 0.717) is 38.0 Å². The molecule has 7 nitrogen and oxygen atoms in total. The average molecular weight is 405 g/mol. The largest absolute Gasteiger partial charge is 0.288 e. The molecule has 0 saturated heterocycles. The molecule has 2 aliphatic heterocycles. The van der Waals surface area contributed by atoms with Gasteiger partial charge in [0, 0.05) is 21.9 Å². The highest BCUT2D eigenvalue weighted by Gasteiger charge is 2.33. The molecule has 0 spiro atoms. The molecule has 0 aliphatic carbocycles. The van der Waals surface area contributed by atoms with Crippen molar-refractivity contribution in [2.75, 3.05) is 0 Å². The number of hydrogen-bond donors (Lipinski definition) is 2. The van der Waals surface area contributed by atoms with Gasteiger partial charge in [0.25, 0.3) is 23.6 Å². The van der Waals surface area contributed by atoms with E-state index in [0.717, 1.165) is 32.3 Å². The second-order valence-corrected chi connectivity index (χ2v) is 7.91. The number of hydrazine groups is 1. The van der Waals surface area contributed by atoms with Crippen LogP contribution in [0.3, 0.4) is 0 Å². The highest BCUT2D eigenvalue weighted by Crippen LogP contribution is 2.45. The van der Waals surface area contributed by atoms with Gasteiger partial charge < -0.3 is 0 Å². The van der Waals surface area contributed by atoms with Gasteiger partial charge in [-0.25, -0.2) is 10.9 Å². The van der Waals surface area contributed by atoms with Gasteiger partial charge in [-0.2, -0.15) is 0 Å². The third kappa shape index (κ3) is 1.71. The molecule has 0 atom stereocenters. The lowest BCUT2D eigenvalue weighted by Crippen LogP contribution is -2.45. The van der Waals surface area contributed by atoms with Crippen molar-refractivity contribution in [1.82, 2.24) is 10.3 Å². The Bertz CT molecular complexity index is 1630. The van der Waals surface area contributed by atoms with Crippen LogP contribution in [0.4, 0.5) is 0 Å². The van der Waals surface area contributed by atoms with Crippen molar-refractivity contribution in [3.63, 3.8) is 0 Å². The van der Waals surface area contributed by atoms with Crippen LogP contribution < -0.4 is 11.2 Å². The van der Waals surface area contributed by atoms with Gasteiger partial charge in [0.1, 0.15) is 0 Å². The van der Waals surface area contributed by atoms with Crippen molar-refractivity contribution in [2.45, 2.75) is 0 Å². The molecule has 0 saturated carbocycles. The minimum Gasteiger partial charge on any atom is -0.288 e. The number of carbonyl (C=O) groups excluding carboxylic acids is 4. The van der Waals surface area contributed by atoms with E-state index >= 15 is 0 Å². The third-order valence-corrected chi connectivity index (χ3v) is 6.52. The summed E-state index contributed by atoms with van der Waals surface area (Å²) >= 11 is 0. The van der Waals surface area contributed by atoms with Crippen LogP contribution in [0.2, 0.25) is 0 Å². The molecule has 2 aliphatic rings. The Morgan fingerprint density at radius 2 is 0.871 bits per heavy atom. The number of fused-ring (bicyclic) bond motifs is 2. The Hall–Kier alpha value is -4.36. The van der Waals surface area contributed by atoms with Crippen molar-refractivity contribution in [2.24, 2.45) is 5.84 Å². The van der Waals surface area contributed by atoms with Gasteiger partial charge in [0.15, 0.2) is 0 Å². The Morgan fingerprint density at radius 3 is 1.29 bits per heavy atom. The third-order valence-electron chi connectivity index (χ3n) is 6.52. The summed E-state index contributed by atoms with van der Waals surface area (Å²) in [6.45, 7) is 0. The van der Waals surface area contributed by atoms with E-state index in [1.54, 1.807) is 24.3 Å². The summed E-state index contributed by atoms with van der Waals surface area (Å²) in [6.07, 6.45) is 0. The van der Waals surface area contributed by atoms with Gasteiger partial charge in [0.05, 0.1) is 11.1 Å². The molecular formula is C24H11N3O4. The van der Waals surface area contributed by atoms with E-state index in [1.165, 1.54) is 0 Å². The van der Waals surface area contributed by atoms with Crippen LogP contribution in [-0.4, -0.2) is 28.6 Å². The molecule has 4 amide bonds. The fourth-order valence-electron chi connectivity index (χ4n) is 5.21. The first-order chi connectivity index (χ1) is 15.0. The maximum atomic E-state index is 12.7. The zero-order chi connectivity index (χ0) is 21.2. The van der Waals surface area contributed by atoms with Crippen LogP contribution >= 0.6 is 0 Å². The van der Waals surface area contributed by atoms with Crippen LogP contribution in [0, 0.1) is 0 Å². The molecule has 0 bridgehead atoms. The Labute approximate surface area is 173 Å². The highest BCUT2D eigenvalue weighted by atomic mass is 16.2. The Kier molecular flexibility index (Phi) is 2.67. The zero-order valence-corrected chi connectivity index (χ0v) is 15.8. The average Bonchev–Trinajstić information content (AvgIpc) is 2.78. The second-order valence-electron chi connectivity index (χ2n) is 7.91. The smallest absolute Gasteiger partial charge is 0.275 e. The quantitative estimate of drug-likeness (QED) is 0.135. The number of amides is 4. The molecule has 0 unspecified atom stereocenters. The summed E-state index contributed by atoms with van der Waals surface area (Å²) in [5, 5.41) is 9.25. The monoisotopic (exact) mass is 405 g/mol. The molecule has 146 valence electrons. The molecule has 5 aromatic carbocycles. The molecule has 0 aromatic heterocycles. The van der Waals surface area contributed by atoms with E-state index < -0.39 is 23.6 Å². The first kappa shape index (κ1) is 16.4. The molecule has 2 heterocycles. The van der Waals surface area contributed by atoms with Gasteiger partial charge in [-0.05, 0) is 56.6 Å². The fourth-order valence-corrected chi connectivity index (χ4v) is 5.21. The summed E-state index contributed by atoms with van der Waals surface area (Å²) in [6, 6.07) is 14.2. The first-order valence-electron chi connectivity index (χ1n) is 9.66. The van der Waals surface area contributed by atoms with Crippen LogP contribution in [0.5, 0.6) is 0 Å². The first-order valence-corrected chi connectivity index (χ1v) is 9.66. The summed E-state index contributed by atoms with van der Waals surface area (Å²) in [5.74, 6) is 3.79. The van der Waals surface area contributed by atoms with Crippen LogP contribution in [-0.2, 0) is 0 Å². The minimum atomic E-state index is -0.542. The molecular weight excluding hydrogens is 394 g/mol. The predicted molar refractivity (Wildman–Crippen MR) is 114 cm³/mol. The van der Waals surface area contributed by atoms with Crippen molar-refractivity contribution < 1.29 is 19.2 Å². The number of nitrogens with two attached hydrogens (primary N) is 1. The number of nitrogens with one attached hydrogen (secondary N) is 1. The number of imide groups is 2. The number of rotatable bonds is 0. The van der Waals surface area contributed by atoms with E-state index in [9.17, 15) is 19.2 Å². The lowest BCUT2D eigenvalue weighted by Gasteiger charge is -2.26. The molecule has 3 N–H and O–H groups in total. The van der Waals surface area contributed by atoms with Gasteiger partial charge in [-0.15, -0.1) is 0 Å². The van der Waals surface area contributed by atoms with Gasteiger partial charge in [-0.3, -0.25) is 24.5 Å². The highest BCUT2D eigenvalue weighted by molar-refractivity contribution is 6.41. The van der Waals surface area contributed by atoms with Crippen molar-refractivity contribution >= 4 is 66.7 Å². The summed E-state index contributed by atoms with van der Waals surface area (Å²) in [4.78, 5) is 50.3. The lowest BCUT2D eigenvalue weighted by atomic mass is 9.82. The van der Waals surface area contributed by atoms with E-state index in [2.05, 4.69) is 5.32 Å². The maximum Gasteiger partial charge on any atom is 0.275 e. The predicted octanol–water partition coefficient (Wildman–Crippen LogP) is 3.09. The van der Waals surface area contributed by atoms with Gasteiger partial charge in [-0.1, -0.05) is 24.3 Å². The Balaban J connectivity index is 1.80. The number of benzene rings is 5. The fraction of sp³-hybridized carbons (Fsp3) is 0. The topological polar surface area (TPSA) is 110 Å². The second kappa shape index (κ2) is 5.03. The van der Waals surface area contributed by atoms with Crippen LogP contribution in [0.1, 0.15) is 41.4 Å². The zero-order valence-electron chi connectivity index (χ0n) is 15.8. The molecule has 0 radical (unpaired) electrons. The molecule has 31 heavy (non-hydrogen) atoms. The summed E-state index contributed by atoms with van der Waals surface area (Å²) in [5.41, 5.74) is 1.66. The Morgan fingerprint density at radius 1 is 0.516 bits per heavy atom. The van der Waals surface area contributed by atoms with E-state index in [-0.39, 0.29) is 0 Å². The number of nitrogens with zero attached hydrogens (tertiary/aromatic N) is 1. The normalized spacial score (nSPS) is 15.7. The standard InChI is InChI=1S/C24H11N3O4/c25-27-23(30)15-7-3-11-9-1-5-13-19-14(22(29)26-21(13)28)6-2-10(17(9)19)12-4-8-16(24(27)31)20(15)18(11)12/h1-8H,25H2,(H,26,28,29). The van der Waals surface area contributed by atoms with E-state index in [4.69, 9.17) is 5.84 Å². The molecule has 0 fully saturated rings. The van der Waals surface area contributed by atoms with Crippen molar-refractivity contribution in [1.29, 1.82) is 0 Å². The molecule has 5 aromatic rings. The van der Waals surface area contributed by atoms with Crippen LogP contribution in [0.25, 0.3) is 43.1 Å². The van der Waals surface area contributed by atoms with Crippen molar-refractivity contribution in [3.05, 3.63) is 70.8 Å². The lowest BCUT2D eigenvalue weighted by molar-refractivity contribution is 0.0609. The minimum absolute atomic E-state index is 0.376. The molecule has 7 rings (SSSR count). The van der Waals surface area contributed by atoms with Gasteiger partial charge in [0.2, 0.25) is 0 Å². The van der Waals surface area contributed by atoms with Crippen LogP contribution in [0.15, 0.2) is 48.5 Å². The van der Waals surface area contributed by atoms with E-state index in [1.807, 2.05) is 24.3 Å².